The normalized spacial score (nSPS) is 22.9. The molecule has 3 aliphatic heterocycles. The zero-order valence-electron chi connectivity index (χ0n) is 15.4. The number of nitrogens with one attached hydrogen (secondary N) is 1. The summed E-state index contributed by atoms with van der Waals surface area (Å²) in [5.74, 6) is 0.0326. The highest BCUT2D eigenvalue weighted by Crippen LogP contribution is 2.28. The minimum absolute atomic E-state index is 0.111. The third-order valence-corrected chi connectivity index (χ3v) is 5.42. The van der Waals surface area contributed by atoms with Crippen LogP contribution in [-0.2, 0) is 4.79 Å². The topological polar surface area (TPSA) is 52.6 Å². The Bertz CT molecular complexity index is 634. The van der Waals surface area contributed by atoms with Crippen LogP contribution in [0, 0.1) is 11.7 Å². The van der Waals surface area contributed by atoms with E-state index in [1.54, 1.807) is 0 Å². The molecule has 3 heterocycles. The Morgan fingerprint density at radius 2 is 1.92 bits per heavy atom. The standard InChI is InChI=1S/C20H28FN3O2/c1-2-11-23-12-15-3-8-18(23)14-24(13-15)19(25)9-10-22-20(26)16-4-6-17(21)7-5-16/h4-7,15,18H,2-3,8-14H2,1H3,(H,22,26)/t15-,18-/m1/s1. The first-order valence-electron chi connectivity index (χ1n) is 9.62. The Balaban J connectivity index is 1.47. The molecule has 1 N–H and O–H groups in total. The SMILES string of the molecule is CCCN1C[C@H]2CC[C@@H]1CN(C(=O)CCNC(=O)c1ccc(F)cc1)C2. The average Bonchev–Trinajstić information content (AvgIpc) is 2.94. The summed E-state index contributed by atoms with van der Waals surface area (Å²) in [6, 6.07) is 5.89. The van der Waals surface area contributed by atoms with Crippen LogP contribution < -0.4 is 5.32 Å². The Morgan fingerprint density at radius 3 is 2.65 bits per heavy atom. The minimum atomic E-state index is -0.371. The molecule has 5 nitrogen and oxygen atoms in total. The number of fused-ring (bicyclic) bond motifs is 4. The van der Waals surface area contributed by atoms with Gasteiger partial charge >= 0.3 is 0 Å². The molecule has 1 aromatic carbocycles. The summed E-state index contributed by atoms with van der Waals surface area (Å²) >= 11 is 0. The van der Waals surface area contributed by atoms with Gasteiger partial charge in [-0.3, -0.25) is 14.5 Å². The molecule has 2 bridgehead atoms. The van der Waals surface area contributed by atoms with Gasteiger partial charge in [-0.1, -0.05) is 6.92 Å². The predicted octanol–water partition coefficient (Wildman–Crippen LogP) is 2.28. The van der Waals surface area contributed by atoms with E-state index in [4.69, 9.17) is 0 Å². The Hall–Kier alpha value is -1.95. The molecular formula is C20H28FN3O2. The van der Waals surface area contributed by atoms with E-state index < -0.39 is 0 Å². The molecule has 3 saturated heterocycles. The lowest BCUT2D eigenvalue weighted by Crippen LogP contribution is -2.44. The van der Waals surface area contributed by atoms with Gasteiger partial charge in [0, 0.05) is 44.2 Å². The second-order valence-electron chi connectivity index (χ2n) is 7.40. The molecule has 0 radical (unpaired) electrons. The quantitative estimate of drug-likeness (QED) is 0.846. The number of benzene rings is 1. The van der Waals surface area contributed by atoms with Gasteiger partial charge in [-0.2, -0.15) is 0 Å². The molecule has 3 aliphatic rings. The molecule has 1 aromatic rings. The Labute approximate surface area is 154 Å². The van der Waals surface area contributed by atoms with Gasteiger partial charge in [0.1, 0.15) is 5.82 Å². The summed E-state index contributed by atoms with van der Waals surface area (Å²) in [5.41, 5.74) is 0.405. The number of nitrogens with zero attached hydrogens (tertiary/aromatic N) is 2. The van der Waals surface area contributed by atoms with E-state index in [0.717, 1.165) is 32.6 Å². The van der Waals surface area contributed by atoms with Crippen molar-refractivity contribution in [3.63, 3.8) is 0 Å². The minimum Gasteiger partial charge on any atom is -0.352 e. The highest BCUT2D eigenvalue weighted by molar-refractivity contribution is 5.94. The van der Waals surface area contributed by atoms with E-state index in [0.29, 0.717) is 30.5 Å². The van der Waals surface area contributed by atoms with Gasteiger partial charge < -0.3 is 10.2 Å². The van der Waals surface area contributed by atoms with E-state index in [-0.39, 0.29) is 17.6 Å². The summed E-state index contributed by atoms with van der Waals surface area (Å²) in [6.07, 6.45) is 3.83. The molecule has 0 unspecified atom stereocenters. The van der Waals surface area contributed by atoms with Gasteiger partial charge in [-0.05, 0) is 56.0 Å². The van der Waals surface area contributed by atoms with E-state index >= 15 is 0 Å². The fourth-order valence-electron chi connectivity index (χ4n) is 4.09. The molecule has 3 fully saturated rings. The fraction of sp³-hybridized carbons (Fsp3) is 0.600. The first-order chi connectivity index (χ1) is 12.6. The van der Waals surface area contributed by atoms with E-state index in [1.165, 1.54) is 37.1 Å². The molecule has 142 valence electrons. The van der Waals surface area contributed by atoms with Crippen LogP contribution in [0.1, 0.15) is 43.0 Å². The molecule has 0 saturated carbocycles. The van der Waals surface area contributed by atoms with Crippen LogP contribution in [-0.4, -0.2) is 60.4 Å². The van der Waals surface area contributed by atoms with Crippen molar-refractivity contribution in [1.29, 1.82) is 0 Å². The van der Waals surface area contributed by atoms with Gasteiger partial charge in [0.2, 0.25) is 5.91 Å². The summed E-state index contributed by atoms with van der Waals surface area (Å²) in [7, 11) is 0. The van der Waals surface area contributed by atoms with Gasteiger partial charge in [0.15, 0.2) is 0 Å². The number of halogens is 1. The second-order valence-corrected chi connectivity index (χ2v) is 7.40. The van der Waals surface area contributed by atoms with Crippen LogP contribution in [0.2, 0.25) is 0 Å². The van der Waals surface area contributed by atoms with Crippen LogP contribution >= 0.6 is 0 Å². The van der Waals surface area contributed by atoms with Crippen molar-refractivity contribution in [2.45, 2.75) is 38.6 Å². The zero-order chi connectivity index (χ0) is 18.5. The summed E-state index contributed by atoms with van der Waals surface area (Å²) in [5, 5.41) is 2.75. The van der Waals surface area contributed by atoms with Crippen LogP contribution in [0.5, 0.6) is 0 Å². The maximum Gasteiger partial charge on any atom is 0.251 e. The summed E-state index contributed by atoms with van der Waals surface area (Å²) in [4.78, 5) is 29.2. The van der Waals surface area contributed by atoms with Crippen molar-refractivity contribution in [2.75, 3.05) is 32.7 Å². The van der Waals surface area contributed by atoms with E-state index in [2.05, 4.69) is 17.1 Å². The summed E-state index contributed by atoms with van der Waals surface area (Å²) in [6.45, 7) is 6.36. The van der Waals surface area contributed by atoms with Crippen molar-refractivity contribution in [3.8, 4) is 0 Å². The third-order valence-electron chi connectivity index (χ3n) is 5.42. The smallest absolute Gasteiger partial charge is 0.251 e. The van der Waals surface area contributed by atoms with E-state index in [9.17, 15) is 14.0 Å². The molecule has 26 heavy (non-hydrogen) atoms. The molecule has 0 spiro atoms. The number of rotatable bonds is 6. The lowest BCUT2D eigenvalue weighted by molar-refractivity contribution is -0.131. The first kappa shape index (κ1) is 18.8. The van der Waals surface area contributed by atoms with Crippen molar-refractivity contribution >= 4 is 11.8 Å². The van der Waals surface area contributed by atoms with Gasteiger partial charge in [-0.25, -0.2) is 4.39 Å². The number of piperidine rings is 1. The first-order valence-corrected chi connectivity index (χ1v) is 9.62. The number of hydrogen-bond acceptors (Lipinski definition) is 3. The Kier molecular flexibility index (Phi) is 6.25. The van der Waals surface area contributed by atoms with Gasteiger partial charge in [-0.15, -0.1) is 0 Å². The third kappa shape index (κ3) is 4.61. The molecule has 2 atom stereocenters. The molecule has 6 heteroatoms. The lowest BCUT2D eigenvalue weighted by Gasteiger charge is -2.35. The molecule has 4 rings (SSSR count). The molecule has 0 aliphatic carbocycles. The van der Waals surface area contributed by atoms with Crippen LogP contribution in [0.15, 0.2) is 24.3 Å². The number of carbonyl (C=O) groups is 2. The number of hydrogen-bond donors (Lipinski definition) is 1. The highest BCUT2D eigenvalue weighted by Gasteiger charge is 2.35. The largest absolute Gasteiger partial charge is 0.352 e. The molecular weight excluding hydrogens is 333 g/mol. The monoisotopic (exact) mass is 361 g/mol. The molecule has 2 amide bonds. The van der Waals surface area contributed by atoms with Gasteiger partial charge in [0.25, 0.3) is 5.91 Å². The van der Waals surface area contributed by atoms with Crippen LogP contribution in [0.3, 0.4) is 0 Å². The van der Waals surface area contributed by atoms with E-state index in [1.807, 2.05) is 4.90 Å². The van der Waals surface area contributed by atoms with Crippen LogP contribution in [0.25, 0.3) is 0 Å². The second kappa shape index (κ2) is 8.62. The van der Waals surface area contributed by atoms with Crippen molar-refractivity contribution in [2.24, 2.45) is 5.92 Å². The fourth-order valence-corrected chi connectivity index (χ4v) is 4.09. The highest BCUT2D eigenvalue weighted by atomic mass is 19.1. The summed E-state index contributed by atoms with van der Waals surface area (Å²) < 4.78 is 12.9. The lowest BCUT2D eigenvalue weighted by atomic mass is 9.95. The maximum absolute atomic E-state index is 12.9. The molecule has 0 aromatic heterocycles. The number of carbonyl (C=O) groups excluding carboxylic acids is 2. The van der Waals surface area contributed by atoms with Crippen molar-refractivity contribution in [3.05, 3.63) is 35.6 Å². The van der Waals surface area contributed by atoms with Crippen molar-refractivity contribution < 1.29 is 14.0 Å². The predicted molar refractivity (Wildman–Crippen MR) is 98.3 cm³/mol. The average molecular weight is 361 g/mol. The number of amides is 2. The van der Waals surface area contributed by atoms with Gasteiger partial charge in [0.05, 0.1) is 0 Å². The zero-order valence-corrected chi connectivity index (χ0v) is 15.4. The van der Waals surface area contributed by atoms with Crippen molar-refractivity contribution in [1.82, 2.24) is 15.1 Å². The maximum atomic E-state index is 12.9. The Morgan fingerprint density at radius 1 is 1.15 bits per heavy atom. The van der Waals surface area contributed by atoms with Crippen LogP contribution in [0.4, 0.5) is 4.39 Å².